The molecule has 0 amide bonds. The maximum Gasteiger partial charge on any atom is 0.336 e. The third kappa shape index (κ3) is 6.83. The fraction of sp³-hybridized carbons (Fsp3) is 0.429. The molecule has 0 radical (unpaired) electrons. The normalized spacial score (nSPS) is 23.4. The Bertz CT molecular complexity index is 1350. The zero-order chi connectivity index (χ0) is 28.6. The number of ether oxygens (including phenoxy) is 4. The quantitative estimate of drug-likeness (QED) is 0.277. The molecule has 4 unspecified atom stereocenters. The van der Waals surface area contributed by atoms with Gasteiger partial charge < -0.3 is 39.4 Å². The highest BCUT2D eigenvalue weighted by molar-refractivity contribution is 6.03. The molecule has 0 aliphatic carbocycles. The van der Waals surface area contributed by atoms with E-state index in [2.05, 4.69) is 0 Å². The lowest BCUT2D eigenvalue weighted by atomic mass is 9.90. The lowest BCUT2D eigenvalue weighted by Crippen LogP contribution is -2.16. The molecule has 4 aliphatic rings. The summed E-state index contributed by atoms with van der Waals surface area (Å²) in [4.78, 5) is 45.5. The minimum atomic E-state index is -1.23. The van der Waals surface area contributed by atoms with Gasteiger partial charge in [-0.15, -0.1) is 0 Å². The summed E-state index contributed by atoms with van der Waals surface area (Å²) in [5.74, 6) is -4.65. The van der Waals surface area contributed by atoms with Crippen LogP contribution in [0.5, 0.6) is 0 Å². The molecule has 4 aliphatic heterocycles. The van der Waals surface area contributed by atoms with E-state index in [-0.39, 0.29) is 46.7 Å². The molecule has 4 atom stereocenters. The van der Waals surface area contributed by atoms with Gasteiger partial charge in [0.05, 0.1) is 73.1 Å². The zero-order valence-corrected chi connectivity index (χ0v) is 21.3. The van der Waals surface area contributed by atoms with E-state index in [0.29, 0.717) is 68.8 Å². The molecular formula is C28H28O12. The highest BCUT2D eigenvalue weighted by Gasteiger charge is 2.33. The Morgan fingerprint density at radius 2 is 0.925 bits per heavy atom. The van der Waals surface area contributed by atoms with Gasteiger partial charge in [-0.05, 0) is 34.4 Å². The summed E-state index contributed by atoms with van der Waals surface area (Å²) >= 11 is 0. The fourth-order valence-corrected chi connectivity index (χ4v) is 4.77. The van der Waals surface area contributed by atoms with Gasteiger partial charge in [-0.2, -0.15) is 0 Å². The second-order valence-electron chi connectivity index (χ2n) is 10.1. The maximum absolute atomic E-state index is 11.5. The van der Waals surface area contributed by atoms with Crippen molar-refractivity contribution in [2.24, 2.45) is 0 Å². The van der Waals surface area contributed by atoms with Crippen molar-refractivity contribution in [2.75, 3.05) is 26.4 Å². The number of epoxide rings is 4. The molecule has 0 spiro atoms. The Labute approximate surface area is 228 Å². The zero-order valence-electron chi connectivity index (χ0n) is 21.3. The van der Waals surface area contributed by atoms with E-state index in [1.165, 1.54) is 12.1 Å². The number of rotatable bonds is 12. The molecule has 0 saturated carbocycles. The Morgan fingerprint density at radius 1 is 0.525 bits per heavy atom. The summed E-state index contributed by atoms with van der Waals surface area (Å²) < 4.78 is 20.6. The molecular weight excluding hydrogens is 528 g/mol. The first-order valence-corrected chi connectivity index (χ1v) is 12.8. The number of carboxylic acids is 4. The Morgan fingerprint density at radius 3 is 1.38 bits per heavy atom. The Balaban J connectivity index is 0.000000161. The summed E-state index contributed by atoms with van der Waals surface area (Å²) in [6.07, 6.45) is 1.96. The van der Waals surface area contributed by atoms with Crippen LogP contribution in [-0.4, -0.2) is 95.1 Å². The van der Waals surface area contributed by atoms with Crippen LogP contribution in [0.1, 0.15) is 63.7 Å². The third-order valence-electron chi connectivity index (χ3n) is 7.07. The Hall–Kier alpha value is -3.84. The second-order valence-corrected chi connectivity index (χ2v) is 10.1. The first-order chi connectivity index (χ1) is 19.1. The topological polar surface area (TPSA) is 199 Å². The van der Waals surface area contributed by atoms with Gasteiger partial charge in [0, 0.05) is 25.7 Å². The van der Waals surface area contributed by atoms with Crippen LogP contribution in [0.3, 0.4) is 0 Å². The van der Waals surface area contributed by atoms with E-state index in [1.54, 1.807) is 12.1 Å². The SMILES string of the molecule is O=C(O)c1ccc(CC2CO2)c(C(=O)O)c1CC1CO1.O=C(O)c1ccc(CC2CO2)c(CC2CO2)c1C(=O)O. The number of hydrogen-bond acceptors (Lipinski definition) is 8. The van der Waals surface area contributed by atoms with Gasteiger partial charge in [0.15, 0.2) is 0 Å². The second kappa shape index (κ2) is 11.3. The molecule has 0 bridgehead atoms. The van der Waals surface area contributed by atoms with E-state index in [1.807, 2.05) is 0 Å². The van der Waals surface area contributed by atoms with E-state index in [4.69, 9.17) is 24.1 Å². The molecule has 6 rings (SSSR count). The summed E-state index contributed by atoms with van der Waals surface area (Å²) in [5.41, 5.74) is 2.22. The van der Waals surface area contributed by atoms with Crippen molar-refractivity contribution >= 4 is 23.9 Å². The maximum atomic E-state index is 11.5. The van der Waals surface area contributed by atoms with Crippen molar-refractivity contribution in [3.63, 3.8) is 0 Å². The predicted molar refractivity (Wildman–Crippen MR) is 134 cm³/mol. The number of benzene rings is 2. The smallest absolute Gasteiger partial charge is 0.336 e. The van der Waals surface area contributed by atoms with Crippen LogP contribution in [0.25, 0.3) is 0 Å². The molecule has 40 heavy (non-hydrogen) atoms. The molecule has 4 heterocycles. The third-order valence-corrected chi connectivity index (χ3v) is 7.07. The molecule has 2 aromatic carbocycles. The van der Waals surface area contributed by atoms with Gasteiger partial charge in [-0.3, -0.25) is 0 Å². The minimum absolute atomic E-state index is 0.00369. The van der Waals surface area contributed by atoms with Crippen LogP contribution < -0.4 is 0 Å². The van der Waals surface area contributed by atoms with Crippen molar-refractivity contribution in [3.05, 3.63) is 68.8 Å². The highest BCUT2D eigenvalue weighted by Crippen LogP contribution is 2.30. The number of aromatic carboxylic acids is 4. The van der Waals surface area contributed by atoms with Crippen LogP contribution in [0.15, 0.2) is 24.3 Å². The molecule has 0 aromatic heterocycles. The average molecular weight is 557 g/mol. The lowest BCUT2D eigenvalue weighted by Gasteiger charge is -2.13. The van der Waals surface area contributed by atoms with Crippen LogP contribution in [0.4, 0.5) is 0 Å². The molecule has 4 N–H and O–H groups in total. The van der Waals surface area contributed by atoms with Crippen molar-refractivity contribution in [2.45, 2.75) is 50.1 Å². The molecule has 2 aromatic rings. The molecule has 12 heteroatoms. The van der Waals surface area contributed by atoms with E-state index < -0.39 is 23.9 Å². The summed E-state index contributed by atoms with van der Waals surface area (Å²) in [6, 6.07) is 6.10. The van der Waals surface area contributed by atoms with Crippen molar-refractivity contribution in [1.82, 2.24) is 0 Å². The largest absolute Gasteiger partial charge is 0.478 e. The van der Waals surface area contributed by atoms with Crippen LogP contribution in [0, 0.1) is 0 Å². The first-order valence-electron chi connectivity index (χ1n) is 12.8. The summed E-state index contributed by atoms with van der Waals surface area (Å²) in [7, 11) is 0. The van der Waals surface area contributed by atoms with Crippen LogP contribution in [-0.2, 0) is 44.6 Å². The standard InChI is InChI=1S/2C14H14O6/c15-13(16)10-2-1-7(3-8-5-19-8)12(14(17)18)11(10)4-9-6-20-9;15-13(16)10-2-1-7(3-8-5-19-8)11(4-9-6-20-9)12(10)14(17)18/h2*1-2,8-9H,3-6H2,(H,15,16)(H,17,18). The average Bonchev–Trinajstić information content (AvgIpc) is 3.71. The number of carbonyl (C=O) groups is 4. The summed E-state index contributed by atoms with van der Waals surface area (Å²) in [6.45, 7) is 2.44. The van der Waals surface area contributed by atoms with Gasteiger partial charge in [-0.1, -0.05) is 12.1 Å². The summed E-state index contributed by atoms with van der Waals surface area (Å²) in [5, 5.41) is 37.2. The highest BCUT2D eigenvalue weighted by atomic mass is 16.6. The molecule has 4 saturated heterocycles. The van der Waals surface area contributed by atoms with Crippen LogP contribution in [0.2, 0.25) is 0 Å². The van der Waals surface area contributed by atoms with Gasteiger partial charge >= 0.3 is 23.9 Å². The van der Waals surface area contributed by atoms with E-state index >= 15 is 0 Å². The first kappa shape index (κ1) is 27.7. The van der Waals surface area contributed by atoms with Crippen LogP contribution >= 0.6 is 0 Å². The lowest BCUT2D eigenvalue weighted by molar-refractivity contribution is 0.0650. The number of hydrogen-bond donors (Lipinski definition) is 4. The van der Waals surface area contributed by atoms with E-state index in [0.717, 1.165) is 5.56 Å². The van der Waals surface area contributed by atoms with Crippen molar-refractivity contribution < 1.29 is 58.6 Å². The Kier molecular flexibility index (Phi) is 7.86. The molecule has 12 nitrogen and oxygen atoms in total. The monoisotopic (exact) mass is 556 g/mol. The minimum Gasteiger partial charge on any atom is -0.478 e. The van der Waals surface area contributed by atoms with Gasteiger partial charge in [0.1, 0.15) is 0 Å². The van der Waals surface area contributed by atoms with Gasteiger partial charge in [0.2, 0.25) is 0 Å². The van der Waals surface area contributed by atoms with Crippen molar-refractivity contribution in [3.8, 4) is 0 Å². The molecule has 4 fully saturated rings. The predicted octanol–water partition coefficient (Wildman–Crippen LogP) is 1.93. The fourth-order valence-electron chi connectivity index (χ4n) is 4.77. The van der Waals surface area contributed by atoms with E-state index in [9.17, 15) is 34.5 Å². The van der Waals surface area contributed by atoms with Gasteiger partial charge in [-0.25, -0.2) is 19.2 Å². The molecule has 212 valence electrons. The van der Waals surface area contributed by atoms with Crippen molar-refractivity contribution in [1.29, 1.82) is 0 Å². The number of carboxylic acid groups (broad SMARTS) is 4. The van der Waals surface area contributed by atoms with Gasteiger partial charge in [0.25, 0.3) is 0 Å².